The van der Waals surface area contributed by atoms with Crippen molar-refractivity contribution in [1.82, 2.24) is 0 Å². The zero-order valence-electron chi connectivity index (χ0n) is 39.4. The molecule has 0 amide bonds. The van der Waals surface area contributed by atoms with Gasteiger partial charge in [-0.15, -0.1) is 0 Å². The molecule has 6 aromatic rings. The number of rotatable bonds is 14. The zero-order chi connectivity index (χ0) is 52.4. The molecule has 2 aliphatic rings. The van der Waals surface area contributed by atoms with Gasteiger partial charge < -0.3 is 29.1 Å². The first kappa shape index (κ1) is 57.7. The van der Waals surface area contributed by atoms with Crippen molar-refractivity contribution in [3.63, 3.8) is 0 Å². The highest BCUT2D eigenvalue weighted by Gasteiger charge is 2.37. The average molecular weight is 1070 g/mol. The number of carbonyl (C=O) groups excluding carboxylic acids is 2. The van der Waals surface area contributed by atoms with Crippen molar-refractivity contribution < 1.29 is 64.3 Å². The van der Waals surface area contributed by atoms with Crippen LogP contribution < -0.4 is 9.80 Å². The summed E-state index contributed by atoms with van der Waals surface area (Å²) < 4.78 is 87.5. The minimum Gasteiger partial charge on any atom is -0.744 e. The van der Waals surface area contributed by atoms with E-state index in [2.05, 4.69) is 0 Å². The minimum absolute atomic E-state index is 0.0547. The number of ketones is 2. The van der Waals surface area contributed by atoms with Gasteiger partial charge in [0.2, 0.25) is 0 Å². The molecule has 0 saturated carbocycles. The molecule has 0 radical (unpaired) electrons. The van der Waals surface area contributed by atoms with Crippen molar-refractivity contribution in [1.29, 1.82) is 0 Å². The summed E-state index contributed by atoms with van der Waals surface area (Å²) in [5.41, 5.74) is 1.42. The van der Waals surface area contributed by atoms with E-state index in [1.54, 1.807) is 12.1 Å². The van der Waals surface area contributed by atoms with Gasteiger partial charge in [-0.1, -0.05) is 83.9 Å². The number of carbonyl (C=O) groups is 2. The van der Waals surface area contributed by atoms with Gasteiger partial charge in [-0.3, -0.25) is 9.59 Å². The highest BCUT2D eigenvalue weighted by Crippen LogP contribution is 2.31. The Hall–Kier alpha value is -5.24. The van der Waals surface area contributed by atoms with Crippen molar-refractivity contribution in [3.05, 3.63) is 202 Å². The molecule has 0 unspecified atom stereocenters. The number of halogens is 4. The fraction of sp³-hybridized carbons (Fsp3) is 0.296. The number of nitrogens with one attached hydrogen (secondary N) is 2. The van der Waals surface area contributed by atoms with Crippen LogP contribution in [0.15, 0.2) is 168 Å². The molecule has 18 heteroatoms. The zero-order valence-corrected chi connectivity index (χ0v) is 42.5. The Morgan fingerprint density at radius 2 is 0.778 bits per heavy atom. The average Bonchev–Trinajstić information content (AvgIpc) is 3.36. The molecule has 384 valence electrons. The van der Waals surface area contributed by atoms with E-state index in [9.17, 15) is 54.5 Å². The predicted octanol–water partition coefficient (Wildman–Crippen LogP) is 7.20. The molecule has 2 fully saturated rings. The lowest BCUT2D eigenvalue weighted by molar-refractivity contribution is -0.908. The Balaban J connectivity index is 0.000000195. The number of hydrogen-bond acceptors (Lipinski definition) is 10. The van der Waals surface area contributed by atoms with Gasteiger partial charge in [0, 0.05) is 72.5 Å². The molecule has 4 N–H and O–H groups in total. The summed E-state index contributed by atoms with van der Waals surface area (Å²) in [6.45, 7) is 5.33. The van der Waals surface area contributed by atoms with Gasteiger partial charge in [0.25, 0.3) is 0 Å². The van der Waals surface area contributed by atoms with Crippen LogP contribution in [-0.2, 0) is 31.4 Å². The molecule has 6 aromatic carbocycles. The molecule has 12 nitrogen and oxygen atoms in total. The molecule has 0 bridgehead atoms. The Morgan fingerprint density at radius 3 is 1.04 bits per heavy atom. The molecule has 72 heavy (non-hydrogen) atoms. The first-order valence-electron chi connectivity index (χ1n) is 23.4. The smallest absolute Gasteiger partial charge is 0.163 e. The van der Waals surface area contributed by atoms with Crippen LogP contribution >= 0.6 is 23.2 Å². The summed E-state index contributed by atoms with van der Waals surface area (Å²) >= 11 is 11.8. The van der Waals surface area contributed by atoms with E-state index in [0.29, 0.717) is 59.7 Å². The van der Waals surface area contributed by atoms with E-state index < -0.39 is 31.4 Å². The molecule has 0 atom stereocenters. The topological polar surface area (TPSA) is 198 Å². The number of aliphatic hydroxyl groups is 2. The number of quaternary nitrogens is 2. The third-order valence-electron chi connectivity index (χ3n) is 12.6. The van der Waals surface area contributed by atoms with Gasteiger partial charge in [-0.2, -0.15) is 0 Å². The van der Waals surface area contributed by atoms with Gasteiger partial charge in [0.05, 0.1) is 49.1 Å². The summed E-state index contributed by atoms with van der Waals surface area (Å²) in [6.07, 6.45) is 5.35. The van der Waals surface area contributed by atoms with Gasteiger partial charge in [-0.05, 0) is 108 Å². The molecular weight excluding hydrogens is 1010 g/mol. The van der Waals surface area contributed by atoms with E-state index >= 15 is 0 Å². The summed E-state index contributed by atoms with van der Waals surface area (Å²) in [7, 11) is -8.51. The van der Waals surface area contributed by atoms with Crippen molar-refractivity contribution in [2.45, 2.75) is 72.4 Å². The SMILES string of the molecule is O=C(CCC[NH+]1CCC(O)(c2ccc(Cl)cc2)CC1)c1ccc(F)cc1.O=C(CCC[NH+]1CCC(O)(c2ccc(Cl)cc2)CC1)c1ccc(F)cc1.O=S(=O)([O-])c1ccccc1.O=S(=O)([O-])c1ccccc1. The molecular formula is C54H58Cl2F2N2O10S2. The maximum atomic E-state index is 12.9. The molecule has 0 aromatic heterocycles. The Labute approximate surface area is 430 Å². The maximum absolute atomic E-state index is 12.9. The number of hydrogen-bond donors (Lipinski definition) is 4. The van der Waals surface area contributed by atoms with Gasteiger partial charge in [-0.25, -0.2) is 25.6 Å². The Kier molecular flexibility index (Phi) is 21.8. The lowest BCUT2D eigenvalue weighted by Gasteiger charge is -2.36. The van der Waals surface area contributed by atoms with Crippen LogP contribution in [0.1, 0.15) is 83.2 Å². The first-order valence-corrected chi connectivity index (χ1v) is 26.9. The van der Waals surface area contributed by atoms with Crippen LogP contribution in [0.2, 0.25) is 10.0 Å². The van der Waals surface area contributed by atoms with Gasteiger partial charge in [0.1, 0.15) is 43.1 Å². The standard InChI is InChI=1S/2C21H23ClFNO2.2C6H6O3S/c2*22-18-7-5-17(6-8-18)21(26)11-14-24(15-12-21)13-1-2-20(25)16-3-9-19(23)10-4-16;2*7-10(8,9)6-4-2-1-3-5-6/h2*3-10,26H,1-2,11-15H2;2*1-5H,(H,7,8,9). The normalized spacial score (nSPS) is 19.7. The second-order valence-electron chi connectivity index (χ2n) is 17.7. The summed E-state index contributed by atoms with van der Waals surface area (Å²) in [5, 5.41) is 23.1. The van der Waals surface area contributed by atoms with Crippen LogP contribution in [0.25, 0.3) is 0 Å². The summed E-state index contributed by atoms with van der Waals surface area (Å²) in [5.74, 6) is -0.543. The number of piperidine rings is 2. The van der Waals surface area contributed by atoms with Crippen molar-refractivity contribution in [2.75, 3.05) is 39.3 Å². The largest absolute Gasteiger partial charge is 0.744 e. The molecule has 0 aliphatic carbocycles. The fourth-order valence-electron chi connectivity index (χ4n) is 8.36. The van der Waals surface area contributed by atoms with E-state index in [4.69, 9.17) is 23.2 Å². The van der Waals surface area contributed by atoms with Gasteiger partial charge >= 0.3 is 0 Å². The van der Waals surface area contributed by atoms with Crippen LogP contribution in [0.3, 0.4) is 0 Å². The highest BCUT2D eigenvalue weighted by atomic mass is 35.5. The van der Waals surface area contributed by atoms with E-state index in [0.717, 1.165) is 63.2 Å². The van der Waals surface area contributed by atoms with Crippen LogP contribution in [0.5, 0.6) is 0 Å². The number of benzene rings is 6. The Bertz CT molecular complexity index is 2650. The Morgan fingerprint density at radius 1 is 0.486 bits per heavy atom. The summed E-state index contributed by atoms with van der Waals surface area (Å²) in [4.78, 5) is 26.7. The number of likely N-dealkylation sites (tertiary alicyclic amines) is 2. The lowest BCUT2D eigenvalue weighted by Crippen LogP contribution is -3.13. The summed E-state index contributed by atoms with van der Waals surface area (Å²) in [6, 6.07) is 40.7. The van der Waals surface area contributed by atoms with E-state index in [-0.39, 0.29) is 33.0 Å². The molecule has 0 spiro atoms. The molecule has 2 heterocycles. The van der Waals surface area contributed by atoms with Crippen molar-refractivity contribution in [3.8, 4) is 0 Å². The van der Waals surface area contributed by atoms with Crippen molar-refractivity contribution >= 4 is 55.0 Å². The predicted molar refractivity (Wildman–Crippen MR) is 269 cm³/mol. The number of Topliss-reactive ketones (excluding diaryl/α,β-unsaturated/α-hetero) is 2. The maximum Gasteiger partial charge on any atom is 0.163 e. The van der Waals surface area contributed by atoms with Crippen LogP contribution in [0.4, 0.5) is 8.78 Å². The third kappa shape index (κ3) is 18.7. The molecule has 8 rings (SSSR count). The second-order valence-corrected chi connectivity index (χ2v) is 21.3. The van der Waals surface area contributed by atoms with E-state index in [1.165, 1.54) is 107 Å². The van der Waals surface area contributed by atoms with E-state index in [1.807, 2.05) is 48.5 Å². The molecule has 2 saturated heterocycles. The lowest BCUT2D eigenvalue weighted by atomic mass is 9.84. The van der Waals surface area contributed by atoms with Crippen molar-refractivity contribution in [2.24, 2.45) is 0 Å². The minimum atomic E-state index is -4.25. The second kappa shape index (κ2) is 27.2. The quantitative estimate of drug-likeness (QED) is 0.0640. The van der Waals surface area contributed by atoms with Gasteiger partial charge in [0.15, 0.2) is 11.6 Å². The third-order valence-corrected chi connectivity index (χ3v) is 14.8. The first-order chi connectivity index (χ1) is 34.1. The molecule has 2 aliphatic heterocycles. The fourth-order valence-corrected chi connectivity index (χ4v) is 9.60. The highest BCUT2D eigenvalue weighted by molar-refractivity contribution is 7.86. The van der Waals surface area contributed by atoms with Crippen LogP contribution in [0, 0.1) is 11.6 Å². The monoisotopic (exact) mass is 1070 g/mol. The van der Waals surface area contributed by atoms with Crippen LogP contribution in [-0.4, -0.2) is 87.0 Å².